The summed E-state index contributed by atoms with van der Waals surface area (Å²) in [4.78, 5) is 19.4. The molecule has 1 aromatic heterocycles. The van der Waals surface area contributed by atoms with Crippen LogP contribution in [0.1, 0.15) is 22.6 Å². The van der Waals surface area contributed by atoms with Gasteiger partial charge < -0.3 is 4.90 Å². The van der Waals surface area contributed by atoms with E-state index in [0.717, 1.165) is 23.2 Å². The number of aromatic nitrogens is 1. The first-order valence-electron chi connectivity index (χ1n) is 8.76. The SMILES string of the molecule is O=C(C(Cc1cccnc1)c1ccc(F)cc1)N1CCc2ccccc21. The minimum atomic E-state index is -0.369. The number of rotatable bonds is 4. The maximum absolute atomic E-state index is 13.4. The highest BCUT2D eigenvalue weighted by Crippen LogP contribution is 2.32. The molecular formula is C22H19FN2O. The predicted octanol–water partition coefficient (Wildman–Crippen LogP) is 4.14. The van der Waals surface area contributed by atoms with Gasteiger partial charge in [-0.15, -0.1) is 0 Å². The molecular weight excluding hydrogens is 327 g/mol. The molecule has 0 aliphatic carbocycles. The van der Waals surface area contributed by atoms with E-state index < -0.39 is 0 Å². The van der Waals surface area contributed by atoms with Crippen molar-refractivity contribution >= 4 is 11.6 Å². The Balaban J connectivity index is 1.68. The van der Waals surface area contributed by atoms with E-state index in [4.69, 9.17) is 0 Å². The summed E-state index contributed by atoms with van der Waals surface area (Å²) >= 11 is 0. The Labute approximate surface area is 152 Å². The average molecular weight is 346 g/mol. The highest BCUT2D eigenvalue weighted by atomic mass is 19.1. The first-order chi connectivity index (χ1) is 12.7. The molecule has 0 saturated heterocycles. The van der Waals surface area contributed by atoms with Crippen molar-refractivity contribution in [3.8, 4) is 0 Å². The van der Waals surface area contributed by atoms with Crippen molar-refractivity contribution in [3.63, 3.8) is 0 Å². The zero-order chi connectivity index (χ0) is 17.9. The number of para-hydroxylation sites is 1. The highest BCUT2D eigenvalue weighted by molar-refractivity contribution is 6.00. The van der Waals surface area contributed by atoms with Crippen LogP contribution >= 0.6 is 0 Å². The van der Waals surface area contributed by atoms with Gasteiger partial charge in [0.05, 0.1) is 5.92 Å². The van der Waals surface area contributed by atoms with E-state index >= 15 is 0 Å². The summed E-state index contributed by atoms with van der Waals surface area (Å²) in [5.41, 5.74) is 3.99. The van der Waals surface area contributed by atoms with Gasteiger partial charge in [-0.25, -0.2) is 4.39 Å². The topological polar surface area (TPSA) is 33.2 Å². The van der Waals surface area contributed by atoms with Gasteiger partial charge in [-0.2, -0.15) is 0 Å². The lowest BCUT2D eigenvalue weighted by Crippen LogP contribution is -2.34. The Bertz CT molecular complexity index is 909. The molecule has 1 unspecified atom stereocenters. The molecule has 1 amide bonds. The summed E-state index contributed by atoms with van der Waals surface area (Å²) in [6, 6.07) is 18.1. The van der Waals surface area contributed by atoms with Crippen LogP contribution in [0, 0.1) is 5.82 Å². The third-order valence-electron chi connectivity index (χ3n) is 4.89. The molecule has 0 spiro atoms. The number of amides is 1. The van der Waals surface area contributed by atoms with Gasteiger partial charge in [-0.3, -0.25) is 9.78 Å². The number of carbonyl (C=O) groups is 1. The molecule has 0 saturated carbocycles. The fraction of sp³-hybridized carbons (Fsp3) is 0.182. The molecule has 4 rings (SSSR count). The highest BCUT2D eigenvalue weighted by Gasteiger charge is 2.31. The molecule has 3 nitrogen and oxygen atoms in total. The lowest BCUT2D eigenvalue weighted by molar-refractivity contribution is -0.119. The fourth-order valence-corrected chi connectivity index (χ4v) is 3.55. The lowest BCUT2D eigenvalue weighted by atomic mass is 9.91. The Hall–Kier alpha value is -3.01. The van der Waals surface area contributed by atoms with E-state index in [2.05, 4.69) is 11.1 Å². The summed E-state index contributed by atoms with van der Waals surface area (Å²) < 4.78 is 13.4. The van der Waals surface area contributed by atoms with Crippen molar-refractivity contribution in [2.45, 2.75) is 18.8 Å². The average Bonchev–Trinajstić information content (AvgIpc) is 3.11. The van der Waals surface area contributed by atoms with Crippen molar-refractivity contribution in [1.29, 1.82) is 0 Å². The maximum Gasteiger partial charge on any atom is 0.234 e. The Kier molecular flexibility index (Phi) is 4.48. The van der Waals surface area contributed by atoms with E-state index in [1.165, 1.54) is 17.7 Å². The van der Waals surface area contributed by atoms with E-state index in [9.17, 15) is 9.18 Å². The second-order valence-corrected chi connectivity index (χ2v) is 6.54. The predicted molar refractivity (Wildman–Crippen MR) is 99.6 cm³/mol. The van der Waals surface area contributed by atoms with Crippen molar-refractivity contribution in [1.82, 2.24) is 4.98 Å². The van der Waals surface area contributed by atoms with Crippen LogP contribution in [0.3, 0.4) is 0 Å². The van der Waals surface area contributed by atoms with E-state index in [1.807, 2.05) is 35.2 Å². The minimum absolute atomic E-state index is 0.0467. The summed E-state index contributed by atoms with van der Waals surface area (Å²) in [5, 5.41) is 0. The molecule has 1 aliphatic rings. The molecule has 130 valence electrons. The van der Waals surface area contributed by atoms with Crippen LogP contribution < -0.4 is 4.90 Å². The second kappa shape index (κ2) is 7.08. The van der Waals surface area contributed by atoms with Crippen molar-refractivity contribution in [2.75, 3.05) is 11.4 Å². The lowest BCUT2D eigenvalue weighted by Gasteiger charge is -2.24. The van der Waals surface area contributed by atoms with Gasteiger partial charge in [-0.1, -0.05) is 36.4 Å². The van der Waals surface area contributed by atoms with Gasteiger partial charge in [0, 0.05) is 24.6 Å². The number of nitrogens with zero attached hydrogens (tertiary/aromatic N) is 2. The molecule has 4 heteroatoms. The number of anilines is 1. The second-order valence-electron chi connectivity index (χ2n) is 6.54. The molecule has 2 heterocycles. The van der Waals surface area contributed by atoms with E-state index in [-0.39, 0.29) is 17.6 Å². The van der Waals surface area contributed by atoms with E-state index in [0.29, 0.717) is 13.0 Å². The number of hydrogen-bond acceptors (Lipinski definition) is 2. The van der Waals surface area contributed by atoms with Crippen LogP contribution in [0.15, 0.2) is 73.1 Å². The zero-order valence-electron chi connectivity index (χ0n) is 14.3. The molecule has 0 bridgehead atoms. The number of fused-ring (bicyclic) bond motifs is 1. The summed E-state index contributed by atoms with van der Waals surface area (Å²) in [6.45, 7) is 0.683. The van der Waals surface area contributed by atoms with Crippen molar-refractivity contribution in [2.24, 2.45) is 0 Å². The Morgan fingerprint density at radius 3 is 2.65 bits per heavy atom. The number of benzene rings is 2. The molecule has 0 fully saturated rings. The Morgan fingerprint density at radius 2 is 1.88 bits per heavy atom. The van der Waals surface area contributed by atoms with Gasteiger partial charge in [0.15, 0.2) is 0 Å². The van der Waals surface area contributed by atoms with Crippen LogP contribution in [0.4, 0.5) is 10.1 Å². The molecule has 0 N–H and O–H groups in total. The first-order valence-corrected chi connectivity index (χ1v) is 8.76. The maximum atomic E-state index is 13.4. The van der Waals surface area contributed by atoms with Crippen molar-refractivity contribution < 1.29 is 9.18 Å². The summed E-state index contributed by atoms with van der Waals surface area (Å²) in [6.07, 6.45) is 4.90. The van der Waals surface area contributed by atoms with Gasteiger partial charge in [0.25, 0.3) is 0 Å². The number of hydrogen-bond donors (Lipinski definition) is 0. The summed E-state index contributed by atoms with van der Waals surface area (Å²) in [7, 11) is 0. The van der Waals surface area contributed by atoms with Gasteiger partial charge in [0.2, 0.25) is 5.91 Å². The van der Waals surface area contributed by atoms with Crippen LogP contribution in [0.2, 0.25) is 0 Å². The van der Waals surface area contributed by atoms with Crippen LogP contribution in [0.25, 0.3) is 0 Å². The minimum Gasteiger partial charge on any atom is -0.311 e. The fourth-order valence-electron chi connectivity index (χ4n) is 3.55. The van der Waals surface area contributed by atoms with Crippen LogP contribution in [-0.2, 0) is 17.6 Å². The van der Waals surface area contributed by atoms with Crippen LogP contribution in [-0.4, -0.2) is 17.4 Å². The number of pyridine rings is 1. The molecule has 2 aromatic carbocycles. The first kappa shape index (κ1) is 16.5. The van der Waals surface area contributed by atoms with E-state index in [1.54, 1.807) is 24.5 Å². The monoisotopic (exact) mass is 346 g/mol. The Morgan fingerprint density at radius 1 is 1.08 bits per heavy atom. The quantitative estimate of drug-likeness (QED) is 0.711. The normalized spacial score (nSPS) is 14.1. The molecule has 0 radical (unpaired) electrons. The van der Waals surface area contributed by atoms with Gasteiger partial charge in [0.1, 0.15) is 5.82 Å². The van der Waals surface area contributed by atoms with Gasteiger partial charge >= 0.3 is 0 Å². The van der Waals surface area contributed by atoms with Crippen molar-refractivity contribution in [3.05, 3.63) is 95.6 Å². The standard InChI is InChI=1S/C22H19FN2O/c23-19-9-7-17(8-10-19)20(14-16-4-3-12-24-15-16)22(26)25-13-11-18-5-1-2-6-21(18)25/h1-10,12,15,20H,11,13-14H2. The zero-order valence-corrected chi connectivity index (χ0v) is 14.3. The largest absolute Gasteiger partial charge is 0.311 e. The molecule has 1 atom stereocenters. The number of carbonyl (C=O) groups excluding carboxylic acids is 1. The van der Waals surface area contributed by atoms with Crippen LogP contribution in [0.5, 0.6) is 0 Å². The number of halogens is 1. The third-order valence-corrected chi connectivity index (χ3v) is 4.89. The molecule has 3 aromatic rings. The van der Waals surface area contributed by atoms with Gasteiger partial charge in [-0.05, 0) is 53.8 Å². The smallest absolute Gasteiger partial charge is 0.234 e. The summed E-state index contributed by atoms with van der Waals surface area (Å²) in [5.74, 6) is -0.621. The molecule has 1 aliphatic heterocycles. The molecule has 26 heavy (non-hydrogen) atoms. The third kappa shape index (κ3) is 3.23.